The zero-order valence-electron chi connectivity index (χ0n) is 16.4. The summed E-state index contributed by atoms with van der Waals surface area (Å²) in [6, 6.07) is 8.72. The second-order valence-corrected chi connectivity index (χ2v) is 7.34. The minimum atomic E-state index is 0.136. The quantitative estimate of drug-likeness (QED) is 0.822. The summed E-state index contributed by atoms with van der Waals surface area (Å²) in [6.45, 7) is 5.11. The number of hydrogen-bond acceptors (Lipinski definition) is 4. The molecule has 2 saturated heterocycles. The highest BCUT2D eigenvalue weighted by Gasteiger charge is 2.49. The number of ether oxygens (including phenoxy) is 1. The van der Waals surface area contributed by atoms with Crippen LogP contribution in [0.2, 0.25) is 0 Å². The van der Waals surface area contributed by atoms with Crippen LogP contribution in [0.1, 0.15) is 43.2 Å². The van der Waals surface area contributed by atoms with Crippen molar-refractivity contribution in [2.75, 3.05) is 40.0 Å². The SMILES string of the molecule is CCC(=O)N1CCCCN2[C@H](C1)[C@@H](c1ccc(C#CCOC)cc1)[C@@H]2CO. The molecule has 2 aliphatic rings. The van der Waals surface area contributed by atoms with E-state index in [-0.39, 0.29) is 30.5 Å². The Morgan fingerprint density at radius 3 is 2.67 bits per heavy atom. The third-order valence-corrected chi connectivity index (χ3v) is 5.77. The topological polar surface area (TPSA) is 53.0 Å². The maximum Gasteiger partial charge on any atom is 0.222 e. The number of carbonyl (C=O) groups is 1. The summed E-state index contributed by atoms with van der Waals surface area (Å²) in [6.07, 6.45) is 2.66. The molecule has 0 radical (unpaired) electrons. The molecule has 5 nitrogen and oxygen atoms in total. The fourth-order valence-electron chi connectivity index (χ4n) is 4.39. The molecule has 5 heteroatoms. The molecule has 0 spiro atoms. The summed E-state index contributed by atoms with van der Waals surface area (Å²) in [5.74, 6) is 6.54. The van der Waals surface area contributed by atoms with Gasteiger partial charge in [0, 0.05) is 50.2 Å². The summed E-state index contributed by atoms with van der Waals surface area (Å²) < 4.78 is 4.96. The van der Waals surface area contributed by atoms with E-state index in [2.05, 4.69) is 28.9 Å². The zero-order chi connectivity index (χ0) is 19.2. The predicted octanol–water partition coefficient (Wildman–Crippen LogP) is 1.85. The van der Waals surface area contributed by atoms with E-state index in [0.29, 0.717) is 13.0 Å². The average molecular weight is 370 g/mol. The molecular weight excluding hydrogens is 340 g/mol. The molecule has 0 aromatic heterocycles. The van der Waals surface area contributed by atoms with Gasteiger partial charge in [-0.05, 0) is 37.1 Å². The summed E-state index contributed by atoms with van der Waals surface area (Å²) in [4.78, 5) is 16.7. The first-order valence-corrected chi connectivity index (χ1v) is 9.91. The number of carbonyl (C=O) groups excluding carboxylic acids is 1. The first kappa shape index (κ1) is 19.9. The molecule has 1 aromatic rings. The summed E-state index contributed by atoms with van der Waals surface area (Å²) in [5, 5.41) is 9.98. The number of methoxy groups -OCH3 is 1. The predicted molar refractivity (Wildman–Crippen MR) is 105 cm³/mol. The second kappa shape index (κ2) is 9.36. The van der Waals surface area contributed by atoms with Crippen molar-refractivity contribution in [2.24, 2.45) is 0 Å². The van der Waals surface area contributed by atoms with E-state index < -0.39 is 0 Å². The van der Waals surface area contributed by atoms with Crippen LogP contribution in [0.15, 0.2) is 24.3 Å². The molecule has 3 rings (SSSR count). The van der Waals surface area contributed by atoms with Crippen molar-refractivity contribution >= 4 is 5.91 Å². The Balaban J connectivity index is 1.78. The van der Waals surface area contributed by atoms with Crippen LogP contribution in [-0.4, -0.2) is 72.9 Å². The van der Waals surface area contributed by atoms with Gasteiger partial charge < -0.3 is 14.7 Å². The minimum Gasteiger partial charge on any atom is -0.395 e. The molecule has 1 amide bonds. The third kappa shape index (κ3) is 4.35. The molecule has 27 heavy (non-hydrogen) atoms. The van der Waals surface area contributed by atoms with E-state index in [1.165, 1.54) is 5.56 Å². The smallest absolute Gasteiger partial charge is 0.222 e. The highest BCUT2D eigenvalue weighted by Crippen LogP contribution is 2.41. The molecule has 0 saturated carbocycles. The van der Waals surface area contributed by atoms with Gasteiger partial charge in [-0.15, -0.1) is 0 Å². The van der Waals surface area contributed by atoms with Gasteiger partial charge in [0.1, 0.15) is 6.61 Å². The van der Waals surface area contributed by atoms with E-state index in [4.69, 9.17) is 4.74 Å². The van der Waals surface area contributed by atoms with Crippen LogP contribution < -0.4 is 0 Å². The maximum absolute atomic E-state index is 12.3. The van der Waals surface area contributed by atoms with Crippen molar-refractivity contribution in [1.82, 2.24) is 9.80 Å². The maximum atomic E-state index is 12.3. The minimum absolute atomic E-state index is 0.136. The molecule has 2 heterocycles. The number of hydrogen-bond donors (Lipinski definition) is 1. The summed E-state index contributed by atoms with van der Waals surface area (Å²) in [5.41, 5.74) is 2.19. The molecule has 0 aliphatic carbocycles. The number of benzene rings is 1. The van der Waals surface area contributed by atoms with Crippen molar-refractivity contribution in [3.8, 4) is 11.8 Å². The average Bonchev–Trinajstić information content (AvgIpc) is 2.67. The van der Waals surface area contributed by atoms with Crippen molar-refractivity contribution in [3.63, 3.8) is 0 Å². The molecule has 146 valence electrons. The molecule has 0 bridgehead atoms. The van der Waals surface area contributed by atoms with Gasteiger partial charge in [0.25, 0.3) is 0 Å². The van der Waals surface area contributed by atoms with Crippen LogP contribution >= 0.6 is 0 Å². The van der Waals surface area contributed by atoms with Crippen LogP contribution in [0.3, 0.4) is 0 Å². The molecule has 1 N–H and O–H groups in total. The molecular formula is C22H30N2O3. The van der Waals surface area contributed by atoms with Gasteiger partial charge in [0.05, 0.1) is 6.61 Å². The fourth-order valence-corrected chi connectivity index (χ4v) is 4.39. The first-order valence-electron chi connectivity index (χ1n) is 9.91. The number of aliphatic hydroxyl groups excluding tert-OH is 1. The second-order valence-electron chi connectivity index (χ2n) is 7.34. The summed E-state index contributed by atoms with van der Waals surface area (Å²) >= 11 is 0. The highest BCUT2D eigenvalue weighted by atomic mass is 16.5. The zero-order valence-corrected chi connectivity index (χ0v) is 16.4. The Hall–Kier alpha value is -1.87. The lowest BCUT2D eigenvalue weighted by Crippen LogP contribution is -2.67. The third-order valence-electron chi connectivity index (χ3n) is 5.77. The molecule has 1 aromatic carbocycles. The standard InChI is InChI=1S/C22H30N2O3/c1-3-21(26)23-12-4-5-13-24-19(15-23)22(20(24)16-25)18-10-8-17(9-11-18)7-6-14-27-2/h8-11,19-20,22,25H,3-5,12-16H2,1-2H3/t19-,20+,22-/m1/s1. The normalized spacial score (nSPS) is 25.4. The van der Waals surface area contributed by atoms with Gasteiger partial charge in [-0.1, -0.05) is 30.9 Å². The van der Waals surface area contributed by atoms with Crippen LogP contribution in [0, 0.1) is 11.8 Å². The van der Waals surface area contributed by atoms with Gasteiger partial charge >= 0.3 is 0 Å². The van der Waals surface area contributed by atoms with Crippen LogP contribution in [0.25, 0.3) is 0 Å². The molecule has 0 unspecified atom stereocenters. The molecule has 2 fully saturated rings. The van der Waals surface area contributed by atoms with Crippen LogP contribution in [0.4, 0.5) is 0 Å². The van der Waals surface area contributed by atoms with Gasteiger partial charge in [0.15, 0.2) is 0 Å². The van der Waals surface area contributed by atoms with E-state index in [9.17, 15) is 9.90 Å². The molecule has 3 atom stereocenters. The Morgan fingerprint density at radius 2 is 2.00 bits per heavy atom. The van der Waals surface area contributed by atoms with Crippen molar-refractivity contribution in [3.05, 3.63) is 35.4 Å². The summed E-state index contributed by atoms with van der Waals surface area (Å²) in [7, 11) is 1.64. The monoisotopic (exact) mass is 370 g/mol. The number of aliphatic hydroxyl groups is 1. The van der Waals surface area contributed by atoms with Crippen molar-refractivity contribution in [2.45, 2.75) is 44.2 Å². The van der Waals surface area contributed by atoms with E-state index >= 15 is 0 Å². The lowest BCUT2D eigenvalue weighted by molar-refractivity contribution is -0.136. The van der Waals surface area contributed by atoms with Gasteiger partial charge in [-0.2, -0.15) is 0 Å². The fraction of sp³-hybridized carbons (Fsp3) is 0.591. The van der Waals surface area contributed by atoms with E-state index in [1.54, 1.807) is 7.11 Å². The lowest BCUT2D eigenvalue weighted by Gasteiger charge is -2.57. The van der Waals surface area contributed by atoms with Gasteiger partial charge in [-0.25, -0.2) is 0 Å². The van der Waals surface area contributed by atoms with Crippen molar-refractivity contribution in [1.29, 1.82) is 0 Å². The van der Waals surface area contributed by atoms with Crippen LogP contribution in [-0.2, 0) is 9.53 Å². The first-order chi connectivity index (χ1) is 13.2. The number of fused-ring (bicyclic) bond motifs is 1. The van der Waals surface area contributed by atoms with Gasteiger partial charge in [-0.3, -0.25) is 9.69 Å². The van der Waals surface area contributed by atoms with E-state index in [1.807, 2.05) is 24.0 Å². The number of nitrogens with zero attached hydrogens (tertiary/aromatic N) is 2. The Morgan fingerprint density at radius 1 is 1.26 bits per heavy atom. The van der Waals surface area contributed by atoms with Gasteiger partial charge in [0.2, 0.25) is 5.91 Å². The highest BCUT2D eigenvalue weighted by molar-refractivity contribution is 5.75. The van der Waals surface area contributed by atoms with Crippen LogP contribution in [0.5, 0.6) is 0 Å². The Labute approximate surface area is 162 Å². The Bertz CT molecular complexity index is 692. The molecule has 2 aliphatic heterocycles. The Kier molecular flexibility index (Phi) is 6.89. The number of rotatable bonds is 4. The van der Waals surface area contributed by atoms with Crippen molar-refractivity contribution < 1.29 is 14.6 Å². The largest absolute Gasteiger partial charge is 0.395 e. The lowest BCUT2D eigenvalue weighted by atomic mass is 9.74. The van der Waals surface area contributed by atoms with E-state index in [0.717, 1.165) is 38.0 Å². The number of amides is 1.